The SMILES string of the molecule is CCOc1cccc(/C=N\Nc2cccc(Cl)c2)c1OC(F)F. The average molecular weight is 341 g/mol. The minimum absolute atomic E-state index is 0.0546. The largest absolute Gasteiger partial charge is 0.490 e. The molecule has 0 fully saturated rings. The molecule has 0 saturated carbocycles. The van der Waals surface area contributed by atoms with Crippen LogP contribution in [0.2, 0.25) is 5.02 Å². The van der Waals surface area contributed by atoms with Gasteiger partial charge in [0.1, 0.15) is 0 Å². The molecule has 2 aromatic rings. The zero-order valence-electron chi connectivity index (χ0n) is 12.3. The Morgan fingerprint density at radius 1 is 1.26 bits per heavy atom. The fourth-order valence-electron chi connectivity index (χ4n) is 1.85. The number of hydrogen-bond acceptors (Lipinski definition) is 4. The van der Waals surface area contributed by atoms with Gasteiger partial charge in [0.2, 0.25) is 0 Å². The summed E-state index contributed by atoms with van der Waals surface area (Å²) >= 11 is 5.87. The number of anilines is 1. The Kier molecular flexibility index (Phi) is 6.17. The molecule has 0 bridgehead atoms. The van der Waals surface area contributed by atoms with Gasteiger partial charge in [0, 0.05) is 10.6 Å². The molecule has 0 unspecified atom stereocenters. The van der Waals surface area contributed by atoms with E-state index in [-0.39, 0.29) is 11.5 Å². The minimum atomic E-state index is -2.95. The van der Waals surface area contributed by atoms with E-state index in [0.717, 1.165) is 0 Å². The maximum absolute atomic E-state index is 12.6. The molecule has 0 aromatic heterocycles. The van der Waals surface area contributed by atoms with Crippen LogP contribution in [-0.2, 0) is 0 Å². The summed E-state index contributed by atoms with van der Waals surface area (Å²) in [6.07, 6.45) is 1.38. The first-order valence-corrected chi connectivity index (χ1v) is 7.23. The third-order valence-electron chi connectivity index (χ3n) is 2.74. The van der Waals surface area contributed by atoms with Crippen LogP contribution in [0.4, 0.5) is 14.5 Å². The summed E-state index contributed by atoms with van der Waals surface area (Å²) in [5.41, 5.74) is 3.81. The Morgan fingerprint density at radius 3 is 2.74 bits per heavy atom. The highest BCUT2D eigenvalue weighted by molar-refractivity contribution is 6.30. The van der Waals surface area contributed by atoms with Crippen LogP contribution in [-0.4, -0.2) is 19.4 Å². The van der Waals surface area contributed by atoms with Crippen LogP contribution in [0.25, 0.3) is 0 Å². The van der Waals surface area contributed by atoms with E-state index in [9.17, 15) is 8.78 Å². The highest BCUT2D eigenvalue weighted by atomic mass is 35.5. The van der Waals surface area contributed by atoms with Gasteiger partial charge in [-0.25, -0.2) is 0 Å². The van der Waals surface area contributed by atoms with Crippen molar-refractivity contribution in [3.63, 3.8) is 0 Å². The molecule has 2 aromatic carbocycles. The first-order valence-electron chi connectivity index (χ1n) is 6.85. The quantitative estimate of drug-likeness (QED) is 0.582. The topological polar surface area (TPSA) is 42.8 Å². The summed E-state index contributed by atoms with van der Waals surface area (Å²) in [5, 5.41) is 4.57. The maximum atomic E-state index is 12.6. The predicted molar refractivity (Wildman–Crippen MR) is 86.9 cm³/mol. The summed E-state index contributed by atoms with van der Waals surface area (Å²) in [7, 11) is 0. The average Bonchev–Trinajstić information content (AvgIpc) is 2.50. The lowest BCUT2D eigenvalue weighted by molar-refractivity contribution is -0.0515. The lowest BCUT2D eigenvalue weighted by atomic mass is 10.2. The summed E-state index contributed by atoms with van der Waals surface area (Å²) < 4.78 is 35.1. The maximum Gasteiger partial charge on any atom is 0.387 e. The minimum Gasteiger partial charge on any atom is -0.490 e. The molecule has 1 N–H and O–H groups in total. The van der Waals surface area contributed by atoms with Crippen LogP contribution in [0.3, 0.4) is 0 Å². The van der Waals surface area contributed by atoms with E-state index in [4.69, 9.17) is 16.3 Å². The molecule has 7 heteroatoms. The van der Waals surface area contributed by atoms with E-state index in [0.29, 0.717) is 22.9 Å². The zero-order chi connectivity index (χ0) is 16.7. The Hall–Kier alpha value is -2.34. The first kappa shape index (κ1) is 17.0. The van der Waals surface area contributed by atoms with Crippen LogP contribution >= 0.6 is 11.6 Å². The van der Waals surface area contributed by atoms with Crippen molar-refractivity contribution < 1.29 is 18.3 Å². The number of benzene rings is 2. The van der Waals surface area contributed by atoms with Crippen LogP contribution in [0.15, 0.2) is 47.6 Å². The van der Waals surface area contributed by atoms with E-state index < -0.39 is 6.61 Å². The zero-order valence-corrected chi connectivity index (χ0v) is 13.1. The normalized spacial score (nSPS) is 11.0. The first-order chi connectivity index (χ1) is 11.1. The summed E-state index contributed by atoms with van der Waals surface area (Å²) in [6.45, 7) is -0.862. The van der Waals surface area contributed by atoms with Crippen molar-refractivity contribution in [1.82, 2.24) is 0 Å². The molecule has 122 valence electrons. The molecule has 4 nitrogen and oxygen atoms in total. The van der Waals surface area contributed by atoms with Crippen molar-refractivity contribution in [2.75, 3.05) is 12.0 Å². The number of rotatable bonds is 7. The van der Waals surface area contributed by atoms with Crippen LogP contribution in [0.1, 0.15) is 12.5 Å². The molecule has 0 saturated heterocycles. The van der Waals surface area contributed by atoms with Crippen LogP contribution < -0.4 is 14.9 Å². The Labute approximate surface area is 137 Å². The number of ether oxygens (including phenoxy) is 2. The van der Waals surface area contributed by atoms with Crippen molar-refractivity contribution >= 4 is 23.5 Å². The highest BCUT2D eigenvalue weighted by Crippen LogP contribution is 2.31. The Balaban J connectivity index is 2.20. The third kappa shape index (κ3) is 5.10. The van der Waals surface area contributed by atoms with Crippen LogP contribution in [0.5, 0.6) is 11.5 Å². The van der Waals surface area contributed by atoms with E-state index in [1.807, 2.05) is 0 Å². The molecular formula is C16H15ClF2N2O2. The lowest BCUT2D eigenvalue weighted by Crippen LogP contribution is -2.07. The number of hydrogen-bond donors (Lipinski definition) is 1. The van der Waals surface area contributed by atoms with Crippen LogP contribution in [0, 0.1) is 0 Å². The van der Waals surface area contributed by atoms with Crippen molar-refractivity contribution in [2.45, 2.75) is 13.5 Å². The fraction of sp³-hybridized carbons (Fsp3) is 0.188. The number of para-hydroxylation sites is 1. The number of nitrogens with one attached hydrogen (secondary N) is 1. The lowest BCUT2D eigenvalue weighted by Gasteiger charge is -2.13. The highest BCUT2D eigenvalue weighted by Gasteiger charge is 2.14. The summed E-state index contributed by atoms with van der Waals surface area (Å²) in [4.78, 5) is 0. The Bertz CT molecular complexity index is 681. The van der Waals surface area contributed by atoms with Crippen molar-refractivity contribution in [1.29, 1.82) is 0 Å². The van der Waals surface area contributed by atoms with Gasteiger partial charge in [-0.15, -0.1) is 0 Å². The molecule has 0 atom stereocenters. The smallest absolute Gasteiger partial charge is 0.387 e. The summed E-state index contributed by atoms with van der Waals surface area (Å²) in [5.74, 6) is 0.181. The molecule has 0 aliphatic rings. The second-order valence-corrected chi connectivity index (χ2v) is 4.80. The molecule has 0 heterocycles. The van der Waals surface area contributed by atoms with Gasteiger partial charge < -0.3 is 9.47 Å². The molecule has 23 heavy (non-hydrogen) atoms. The second kappa shape index (κ2) is 8.33. The molecule has 0 aliphatic heterocycles. The molecule has 0 aliphatic carbocycles. The van der Waals surface area contributed by atoms with Gasteiger partial charge in [-0.1, -0.05) is 23.7 Å². The van der Waals surface area contributed by atoms with E-state index in [1.54, 1.807) is 49.4 Å². The molecule has 0 radical (unpaired) electrons. The van der Waals surface area contributed by atoms with Gasteiger partial charge in [-0.05, 0) is 37.3 Å². The Morgan fingerprint density at radius 2 is 2.04 bits per heavy atom. The van der Waals surface area contributed by atoms with E-state index >= 15 is 0 Å². The van der Waals surface area contributed by atoms with Crippen molar-refractivity contribution in [3.05, 3.63) is 53.1 Å². The van der Waals surface area contributed by atoms with Gasteiger partial charge >= 0.3 is 6.61 Å². The van der Waals surface area contributed by atoms with Gasteiger partial charge in [0.25, 0.3) is 0 Å². The second-order valence-electron chi connectivity index (χ2n) is 4.37. The van der Waals surface area contributed by atoms with Gasteiger partial charge in [0.15, 0.2) is 11.5 Å². The molecule has 0 spiro atoms. The number of halogens is 3. The van der Waals surface area contributed by atoms with Crippen molar-refractivity contribution in [3.8, 4) is 11.5 Å². The van der Waals surface area contributed by atoms with E-state index in [1.165, 1.54) is 6.21 Å². The monoisotopic (exact) mass is 340 g/mol. The predicted octanol–water partition coefficient (Wildman–Crippen LogP) is 4.79. The molecule has 2 rings (SSSR count). The molecule has 0 amide bonds. The fourth-order valence-corrected chi connectivity index (χ4v) is 2.04. The number of hydrazone groups is 1. The van der Waals surface area contributed by atoms with Gasteiger partial charge in [-0.2, -0.15) is 13.9 Å². The third-order valence-corrected chi connectivity index (χ3v) is 2.97. The molecular weight excluding hydrogens is 326 g/mol. The van der Waals surface area contributed by atoms with E-state index in [2.05, 4.69) is 15.3 Å². The standard InChI is InChI=1S/C16H15ClF2N2O2/c1-2-22-14-8-3-5-11(15(14)23-16(18)19)10-20-21-13-7-4-6-12(17)9-13/h3-10,16,21H,2H2,1H3/b20-10-. The van der Waals surface area contributed by atoms with Crippen molar-refractivity contribution in [2.24, 2.45) is 5.10 Å². The van der Waals surface area contributed by atoms with Gasteiger partial charge in [0.05, 0.1) is 18.5 Å². The van der Waals surface area contributed by atoms with Gasteiger partial charge in [-0.3, -0.25) is 5.43 Å². The number of nitrogens with zero attached hydrogens (tertiary/aromatic N) is 1. The number of alkyl halides is 2. The summed E-state index contributed by atoms with van der Waals surface area (Å²) in [6, 6.07) is 11.8.